The molecule has 0 spiro atoms. The summed E-state index contributed by atoms with van der Waals surface area (Å²) >= 11 is 0. The van der Waals surface area contributed by atoms with Crippen LogP contribution in [0.5, 0.6) is 0 Å². The quantitative estimate of drug-likeness (QED) is 0.394. The fourth-order valence-corrected chi connectivity index (χ4v) is 5.98. The number of nitrogens with one attached hydrogen (secondary N) is 1. The summed E-state index contributed by atoms with van der Waals surface area (Å²) in [5, 5.41) is 3.83. The van der Waals surface area contributed by atoms with Gasteiger partial charge in [0.1, 0.15) is 0 Å². The number of ketones is 1. The van der Waals surface area contributed by atoms with Crippen LogP contribution in [0, 0.1) is 0 Å². The van der Waals surface area contributed by atoms with Gasteiger partial charge in [-0.3, -0.25) is 14.4 Å². The van der Waals surface area contributed by atoms with Crippen LogP contribution < -0.4 is 5.32 Å². The summed E-state index contributed by atoms with van der Waals surface area (Å²) in [4.78, 5) is 49.6. The number of aromatic nitrogens is 1. The Bertz CT molecular complexity index is 1510. The van der Waals surface area contributed by atoms with E-state index in [1.54, 1.807) is 0 Å². The molecule has 1 aliphatic carbocycles. The second-order valence-electron chi connectivity index (χ2n) is 10.5. The van der Waals surface area contributed by atoms with Gasteiger partial charge in [-0.15, -0.1) is 0 Å². The molecule has 2 aromatic carbocycles. The topological polar surface area (TPSA) is 104 Å². The number of ether oxygens (including phenoxy) is 2. The predicted octanol–water partition coefficient (Wildman–Crippen LogP) is 5.18. The molecule has 1 amide bonds. The first-order valence-corrected chi connectivity index (χ1v) is 13.8. The zero-order valence-electron chi connectivity index (χ0n) is 23.0. The number of Topliss-reactive ketones (excluding diaryl/α,β-unsaturated/α-hetero) is 1. The number of carbonyl (C=O) groups is 4. The van der Waals surface area contributed by atoms with E-state index in [0.717, 1.165) is 40.6 Å². The highest BCUT2D eigenvalue weighted by Gasteiger charge is 2.30. The fourth-order valence-electron chi connectivity index (χ4n) is 5.98. The zero-order chi connectivity index (χ0) is 28.2. The minimum absolute atomic E-state index is 0.00226. The SMILES string of the molecule is COC(=O)CCC(=O)CNC(=O)C1=Cc2ccccc2-c2c(C3CCCCC3)c3ccc(C(=O)OC)cc3n2C1. The van der Waals surface area contributed by atoms with Gasteiger partial charge in [-0.05, 0) is 48.1 Å². The molecule has 0 saturated heterocycles. The van der Waals surface area contributed by atoms with E-state index in [0.29, 0.717) is 17.1 Å². The Morgan fingerprint density at radius 1 is 0.950 bits per heavy atom. The molecule has 0 atom stereocenters. The van der Waals surface area contributed by atoms with E-state index in [2.05, 4.69) is 20.7 Å². The molecular formula is C32H34N2O6. The maximum atomic E-state index is 13.4. The summed E-state index contributed by atoms with van der Waals surface area (Å²) in [5.41, 5.74) is 6.14. The molecule has 1 saturated carbocycles. The van der Waals surface area contributed by atoms with Crippen molar-refractivity contribution in [3.05, 3.63) is 64.7 Å². The number of benzene rings is 2. The van der Waals surface area contributed by atoms with Crippen LogP contribution in [-0.4, -0.2) is 49.0 Å². The van der Waals surface area contributed by atoms with Crippen LogP contribution in [0.3, 0.4) is 0 Å². The molecule has 8 heteroatoms. The highest BCUT2D eigenvalue weighted by molar-refractivity contribution is 6.04. The van der Waals surface area contributed by atoms with E-state index >= 15 is 0 Å². The second-order valence-corrected chi connectivity index (χ2v) is 10.5. The summed E-state index contributed by atoms with van der Waals surface area (Å²) < 4.78 is 11.7. The molecule has 1 aliphatic heterocycles. The van der Waals surface area contributed by atoms with E-state index < -0.39 is 11.9 Å². The second kappa shape index (κ2) is 11.9. The molecular weight excluding hydrogens is 508 g/mol. The Morgan fingerprint density at radius 2 is 1.73 bits per heavy atom. The molecule has 1 N–H and O–H groups in total. The number of methoxy groups -OCH3 is 2. The smallest absolute Gasteiger partial charge is 0.337 e. The first kappa shape index (κ1) is 27.4. The maximum absolute atomic E-state index is 13.4. The van der Waals surface area contributed by atoms with Crippen molar-refractivity contribution in [2.24, 2.45) is 0 Å². The van der Waals surface area contributed by atoms with E-state index in [1.165, 1.54) is 39.0 Å². The third-order valence-electron chi connectivity index (χ3n) is 7.99. The number of fused-ring (bicyclic) bond motifs is 5. The molecule has 1 aromatic heterocycles. The van der Waals surface area contributed by atoms with Gasteiger partial charge in [-0.2, -0.15) is 0 Å². The minimum atomic E-state index is -0.463. The first-order chi connectivity index (χ1) is 19.4. The Labute approximate surface area is 233 Å². The molecule has 40 heavy (non-hydrogen) atoms. The Balaban J connectivity index is 1.57. The van der Waals surface area contributed by atoms with Crippen LogP contribution >= 0.6 is 0 Å². The molecule has 0 unspecified atom stereocenters. The number of rotatable bonds is 8. The number of carbonyl (C=O) groups excluding carboxylic acids is 4. The molecule has 2 heterocycles. The van der Waals surface area contributed by atoms with Crippen molar-refractivity contribution in [2.45, 2.75) is 57.4 Å². The van der Waals surface area contributed by atoms with Gasteiger partial charge in [-0.1, -0.05) is 49.6 Å². The summed E-state index contributed by atoms with van der Waals surface area (Å²) in [6, 6.07) is 13.7. The average Bonchev–Trinajstić information content (AvgIpc) is 3.20. The van der Waals surface area contributed by atoms with Crippen LogP contribution in [0.4, 0.5) is 0 Å². The Morgan fingerprint density at radius 3 is 2.48 bits per heavy atom. The monoisotopic (exact) mass is 542 g/mol. The highest BCUT2D eigenvalue weighted by atomic mass is 16.5. The standard InChI is InChI=1S/C32H34N2O6/c1-39-28(36)15-13-24(35)18-33-31(37)23-16-21-10-6-7-11-25(21)30-29(20-8-4-3-5-9-20)26-14-12-22(32(38)40-2)17-27(26)34(30)19-23/h6-7,10-12,14,16-17,20H,3-5,8-9,13,15,18-19H2,1-2H3,(H,33,37). The number of hydrogen-bond acceptors (Lipinski definition) is 6. The summed E-state index contributed by atoms with van der Waals surface area (Å²) in [6.07, 6.45) is 7.65. The average molecular weight is 543 g/mol. The van der Waals surface area contributed by atoms with Crippen LogP contribution in [-0.2, 0) is 30.4 Å². The molecule has 3 aromatic rings. The number of amides is 1. The van der Waals surface area contributed by atoms with Gasteiger partial charge in [0, 0.05) is 28.5 Å². The highest BCUT2D eigenvalue weighted by Crippen LogP contribution is 2.46. The lowest BCUT2D eigenvalue weighted by Gasteiger charge is -2.24. The van der Waals surface area contributed by atoms with Crippen LogP contribution in [0.2, 0.25) is 0 Å². The number of hydrogen-bond donors (Lipinski definition) is 1. The van der Waals surface area contributed by atoms with Crippen molar-refractivity contribution in [1.82, 2.24) is 9.88 Å². The van der Waals surface area contributed by atoms with Gasteiger partial charge in [0.05, 0.1) is 45.0 Å². The third-order valence-corrected chi connectivity index (χ3v) is 7.99. The summed E-state index contributed by atoms with van der Waals surface area (Å²) in [6.45, 7) is 0.105. The van der Waals surface area contributed by atoms with Crippen molar-refractivity contribution in [2.75, 3.05) is 20.8 Å². The maximum Gasteiger partial charge on any atom is 0.337 e. The molecule has 0 bridgehead atoms. The van der Waals surface area contributed by atoms with Crippen molar-refractivity contribution in [3.8, 4) is 11.3 Å². The Kier molecular flexibility index (Phi) is 8.14. The van der Waals surface area contributed by atoms with Gasteiger partial charge < -0.3 is 19.4 Å². The minimum Gasteiger partial charge on any atom is -0.469 e. The largest absolute Gasteiger partial charge is 0.469 e. The molecule has 2 aliphatic rings. The van der Waals surface area contributed by atoms with E-state index in [4.69, 9.17) is 4.74 Å². The zero-order valence-corrected chi connectivity index (χ0v) is 23.0. The summed E-state index contributed by atoms with van der Waals surface area (Å²) in [5.74, 6) is -1.09. The fraction of sp³-hybridized carbons (Fsp3) is 0.375. The molecule has 0 radical (unpaired) electrons. The van der Waals surface area contributed by atoms with Gasteiger partial charge >= 0.3 is 11.9 Å². The van der Waals surface area contributed by atoms with Crippen LogP contribution in [0.15, 0.2) is 48.0 Å². The van der Waals surface area contributed by atoms with Crippen molar-refractivity contribution < 1.29 is 28.7 Å². The lowest BCUT2D eigenvalue weighted by molar-refractivity contribution is -0.141. The molecule has 1 fully saturated rings. The first-order valence-electron chi connectivity index (χ1n) is 13.8. The van der Waals surface area contributed by atoms with E-state index in [1.807, 2.05) is 42.5 Å². The van der Waals surface area contributed by atoms with Crippen molar-refractivity contribution >= 4 is 40.6 Å². The Hall–Kier alpha value is -4.20. The normalized spacial score (nSPS) is 14.9. The van der Waals surface area contributed by atoms with Gasteiger partial charge in [0.25, 0.3) is 0 Å². The molecule has 208 valence electrons. The van der Waals surface area contributed by atoms with Gasteiger partial charge in [0.15, 0.2) is 5.78 Å². The molecule has 8 nitrogen and oxygen atoms in total. The van der Waals surface area contributed by atoms with Crippen LogP contribution in [0.25, 0.3) is 28.2 Å². The van der Waals surface area contributed by atoms with Crippen molar-refractivity contribution in [1.29, 1.82) is 0 Å². The van der Waals surface area contributed by atoms with Crippen LogP contribution in [0.1, 0.15) is 72.3 Å². The van der Waals surface area contributed by atoms with Gasteiger partial charge in [0.2, 0.25) is 5.91 Å². The third kappa shape index (κ3) is 5.43. The van der Waals surface area contributed by atoms with E-state index in [-0.39, 0.29) is 37.6 Å². The van der Waals surface area contributed by atoms with E-state index in [9.17, 15) is 19.2 Å². The molecule has 5 rings (SSSR count). The lowest BCUT2D eigenvalue weighted by Crippen LogP contribution is -2.31. The lowest BCUT2D eigenvalue weighted by atomic mass is 9.81. The predicted molar refractivity (Wildman–Crippen MR) is 152 cm³/mol. The summed E-state index contributed by atoms with van der Waals surface area (Å²) in [7, 11) is 2.64. The number of nitrogens with zero attached hydrogens (tertiary/aromatic N) is 1. The van der Waals surface area contributed by atoms with Crippen molar-refractivity contribution in [3.63, 3.8) is 0 Å². The van der Waals surface area contributed by atoms with Gasteiger partial charge in [-0.25, -0.2) is 4.79 Å². The number of esters is 2.